The van der Waals surface area contributed by atoms with Crippen molar-refractivity contribution in [1.29, 1.82) is 0 Å². The van der Waals surface area contributed by atoms with Crippen LogP contribution in [0.3, 0.4) is 0 Å². The Labute approximate surface area is 144 Å². The number of sulfonamides is 1. The second kappa shape index (κ2) is 8.97. The predicted molar refractivity (Wildman–Crippen MR) is 88.5 cm³/mol. The number of carbonyl (C=O) groups is 2. The van der Waals surface area contributed by atoms with E-state index in [0.29, 0.717) is 6.42 Å². The van der Waals surface area contributed by atoms with E-state index in [2.05, 4.69) is 10.1 Å². The van der Waals surface area contributed by atoms with Gasteiger partial charge in [-0.1, -0.05) is 19.4 Å². The Morgan fingerprint density at radius 3 is 2.56 bits per heavy atom. The third-order valence-corrected chi connectivity index (χ3v) is 4.32. The first-order chi connectivity index (χ1) is 11.7. The number of ether oxygens (including phenoxy) is 1. The Morgan fingerprint density at radius 2 is 2.00 bits per heavy atom. The van der Waals surface area contributed by atoms with E-state index in [9.17, 15) is 28.1 Å². The molecule has 0 aliphatic rings. The molecule has 11 heteroatoms. The van der Waals surface area contributed by atoms with Gasteiger partial charge in [0.2, 0.25) is 10.0 Å². The lowest BCUT2D eigenvalue weighted by Crippen LogP contribution is -2.40. The molecule has 1 rings (SSSR count). The van der Waals surface area contributed by atoms with Crippen molar-refractivity contribution in [2.45, 2.75) is 25.5 Å². The summed E-state index contributed by atoms with van der Waals surface area (Å²) in [6.07, 6.45) is 1.48. The van der Waals surface area contributed by atoms with Gasteiger partial charge in [-0.05, 0) is 12.5 Å². The van der Waals surface area contributed by atoms with Crippen molar-refractivity contribution in [2.75, 3.05) is 13.7 Å². The average molecular weight is 373 g/mol. The first-order valence-corrected chi connectivity index (χ1v) is 9.00. The summed E-state index contributed by atoms with van der Waals surface area (Å²) in [5.74, 6) is -1.84. The fourth-order valence-corrected chi connectivity index (χ4v) is 3.09. The monoisotopic (exact) mass is 373 g/mol. The second-order valence-corrected chi connectivity index (χ2v) is 6.74. The van der Waals surface area contributed by atoms with Crippen molar-refractivity contribution in [1.82, 2.24) is 10.0 Å². The molecule has 2 N–H and O–H groups in total. The number of urea groups is 1. The number of hydrogen-bond acceptors (Lipinski definition) is 7. The number of nitrogens with one attached hydrogen (secondary N) is 2. The lowest BCUT2D eigenvalue weighted by molar-refractivity contribution is -0.385. The van der Waals surface area contributed by atoms with Gasteiger partial charge in [0.1, 0.15) is 5.75 Å². The molecule has 10 nitrogen and oxygen atoms in total. The van der Waals surface area contributed by atoms with Crippen LogP contribution < -0.4 is 10.0 Å². The van der Waals surface area contributed by atoms with E-state index in [0.717, 1.165) is 19.6 Å². The molecule has 0 spiro atoms. The van der Waals surface area contributed by atoms with Crippen LogP contribution in [0.1, 0.15) is 35.7 Å². The highest BCUT2D eigenvalue weighted by Crippen LogP contribution is 2.25. The first-order valence-electron chi connectivity index (χ1n) is 7.34. The molecule has 138 valence electrons. The third kappa shape index (κ3) is 6.03. The molecule has 0 unspecified atom stereocenters. The molecule has 0 fully saturated rings. The van der Waals surface area contributed by atoms with Crippen LogP contribution in [0.2, 0.25) is 0 Å². The van der Waals surface area contributed by atoms with Crippen LogP contribution >= 0.6 is 0 Å². The maximum absolute atomic E-state index is 12.1. The number of esters is 1. The van der Waals surface area contributed by atoms with Crippen LogP contribution in [0.15, 0.2) is 18.2 Å². The standard InChI is InChI=1S/C14H19N3O7S/c1-3-4-8-15-14(19)16-25(22,23)9-11-10(13(18)24-2)6-5-7-12(11)17(20)21/h5-7H,3-4,8-9H2,1-2H3,(H2,15,16,19). The van der Waals surface area contributed by atoms with Crippen molar-refractivity contribution in [3.63, 3.8) is 0 Å². The van der Waals surface area contributed by atoms with Crippen LogP contribution in [-0.4, -0.2) is 39.0 Å². The molecule has 1 aromatic rings. The highest BCUT2D eigenvalue weighted by Gasteiger charge is 2.27. The third-order valence-electron chi connectivity index (χ3n) is 3.15. The molecule has 0 aliphatic heterocycles. The van der Waals surface area contributed by atoms with Crippen LogP contribution in [-0.2, 0) is 20.5 Å². The summed E-state index contributed by atoms with van der Waals surface area (Å²) >= 11 is 0. The molecule has 0 heterocycles. The molecule has 25 heavy (non-hydrogen) atoms. The van der Waals surface area contributed by atoms with E-state index >= 15 is 0 Å². The molecule has 0 saturated heterocycles. The Bertz CT molecular complexity index is 762. The van der Waals surface area contributed by atoms with Gasteiger partial charge in [-0.15, -0.1) is 0 Å². The van der Waals surface area contributed by atoms with Gasteiger partial charge in [0, 0.05) is 12.6 Å². The Hall–Kier alpha value is -2.69. The zero-order chi connectivity index (χ0) is 19.0. The molecule has 0 aromatic heterocycles. The summed E-state index contributed by atoms with van der Waals surface area (Å²) in [4.78, 5) is 33.7. The van der Waals surface area contributed by atoms with Gasteiger partial charge in [0.25, 0.3) is 5.69 Å². The molecule has 2 amide bonds. The predicted octanol–water partition coefficient (Wildman–Crippen LogP) is 1.31. The molecular weight excluding hydrogens is 354 g/mol. The highest BCUT2D eigenvalue weighted by atomic mass is 32.2. The topological polar surface area (TPSA) is 145 Å². The quantitative estimate of drug-likeness (QED) is 0.302. The summed E-state index contributed by atoms with van der Waals surface area (Å²) < 4.78 is 30.5. The maximum atomic E-state index is 12.1. The van der Waals surface area contributed by atoms with Gasteiger partial charge in [0.15, 0.2) is 0 Å². The summed E-state index contributed by atoms with van der Waals surface area (Å²) in [5, 5.41) is 13.5. The summed E-state index contributed by atoms with van der Waals surface area (Å²) in [7, 11) is -3.20. The van der Waals surface area contributed by atoms with Gasteiger partial charge in [0.05, 0.1) is 23.2 Å². The molecule has 0 bridgehead atoms. The molecule has 0 radical (unpaired) electrons. The van der Waals surface area contributed by atoms with Gasteiger partial charge in [-0.3, -0.25) is 10.1 Å². The number of hydrogen-bond donors (Lipinski definition) is 2. The second-order valence-electron chi connectivity index (χ2n) is 5.02. The minimum Gasteiger partial charge on any atom is -0.465 e. The normalized spacial score (nSPS) is 10.8. The molecule has 0 aliphatic carbocycles. The Morgan fingerprint density at radius 1 is 1.32 bits per heavy atom. The zero-order valence-corrected chi connectivity index (χ0v) is 14.6. The van der Waals surface area contributed by atoms with E-state index in [-0.39, 0.29) is 17.7 Å². The van der Waals surface area contributed by atoms with E-state index in [1.54, 1.807) is 4.72 Å². The van der Waals surface area contributed by atoms with Gasteiger partial charge >= 0.3 is 12.0 Å². The zero-order valence-electron chi connectivity index (χ0n) is 13.8. The Balaban J connectivity index is 3.09. The largest absolute Gasteiger partial charge is 0.465 e. The lowest BCUT2D eigenvalue weighted by Gasteiger charge is -2.11. The lowest BCUT2D eigenvalue weighted by atomic mass is 10.1. The molecule has 0 saturated carbocycles. The first kappa shape index (κ1) is 20.4. The Kier molecular flexibility index (Phi) is 7.30. The van der Waals surface area contributed by atoms with Crippen LogP contribution in [0.25, 0.3) is 0 Å². The average Bonchev–Trinajstić information content (AvgIpc) is 2.53. The van der Waals surface area contributed by atoms with Gasteiger partial charge in [-0.2, -0.15) is 0 Å². The number of nitro groups is 1. The van der Waals surface area contributed by atoms with Crippen molar-refractivity contribution < 1.29 is 27.7 Å². The van der Waals surface area contributed by atoms with Crippen molar-refractivity contribution in [3.05, 3.63) is 39.4 Å². The van der Waals surface area contributed by atoms with Crippen molar-refractivity contribution in [3.8, 4) is 0 Å². The van der Waals surface area contributed by atoms with E-state index < -0.39 is 38.4 Å². The number of rotatable bonds is 8. The molecule has 0 atom stereocenters. The van der Waals surface area contributed by atoms with E-state index in [1.807, 2.05) is 6.92 Å². The minimum absolute atomic E-state index is 0.256. The summed E-state index contributed by atoms with van der Waals surface area (Å²) in [5.41, 5.74) is -1.17. The number of carbonyl (C=O) groups excluding carboxylic acids is 2. The number of methoxy groups -OCH3 is 1. The molecular formula is C14H19N3O7S. The number of nitro benzene ring substituents is 1. The fraction of sp³-hybridized carbons (Fsp3) is 0.429. The summed E-state index contributed by atoms with van der Waals surface area (Å²) in [6, 6.07) is 2.58. The number of nitrogens with zero attached hydrogens (tertiary/aromatic N) is 1. The van der Waals surface area contributed by atoms with E-state index in [4.69, 9.17) is 0 Å². The smallest absolute Gasteiger partial charge is 0.338 e. The fourth-order valence-electron chi connectivity index (χ4n) is 1.98. The van der Waals surface area contributed by atoms with Crippen LogP contribution in [0.4, 0.5) is 10.5 Å². The number of benzene rings is 1. The van der Waals surface area contributed by atoms with E-state index in [1.165, 1.54) is 12.1 Å². The SMILES string of the molecule is CCCCNC(=O)NS(=O)(=O)Cc1c(C(=O)OC)cccc1[N+](=O)[O-]. The van der Waals surface area contributed by atoms with Crippen molar-refractivity contribution >= 4 is 27.7 Å². The highest BCUT2D eigenvalue weighted by molar-refractivity contribution is 7.89. The minimum atomic E-state index is -4.27. The summed E-state index contributed by atoms with van der Waals surface area (Å²) in [6.45, 7) is 2.19. The van der Waals surface area contributed by atoms with Crippen molar-refractivity contribution in [2.24, 2.45) is 0 Å². The molecule has 1 aromatic carbocycles. The number of amides is 2. The van der Waals surface area contributed by atoms with Gasteiger partial charge in [-0.25, -0.2) is 22.7 Å². The van der Waals surface area contributed by atoms with Gasteiger partial charge < -0.3 is 10.1 Å². The van der Waals surface area contributed by atoms with Crippen LogP contribution in [0, 0.1) is 10.1 Å². The maximum Gasteiger partial charge on any atom is 0.338 e. The van der Waals surface area contributed by atoms with Crippen LogP contribution in [0.5, 0.6) is 0 Å². The number of unbranched alkanes of at least 4 members (excludes halogenated alkanes) is 1.